The van der Waals surface area contributed by atoms with Crippen molar-refractivity contribution in [1.29, 1.82) is 0 Å². The topological polar surface area (TPSA) is 117 Å². The summed E-state index contributed by atoms with van der Waals surface area (Å²) < 4.78 is 1.82. The maximum absolute atomic E-state index is 8.73. The molecule has 8 N–H and O–H groups in total. The quantitative estimate of drug-likeness (QED) is 0.0897. The Labute approximate surface area is 269 Å². The Morgan fingerprint density at radius 1 is 0.558 bits per heavy atom. The molecule has 1 aliphatic heterocycles. The van der Waals surface area contributed by atoms with Gasteiger partial charge in [-0.25, -0.2) is 0 Å². The fourth-order valence-corrected chi connectivity index (χ4v) is 5.88. The minimum absolute atomic E-state index is 0. The van der Waals surface area contributed by atoms with E-state index in [-0.39, 0.29) is 14.4 Å². The molecule has 6 aromatic rings. The molecule has 7 rings (SSSR count). The summed E-state index contributed by atoms with van der Waals surface area (Å²) in [7, 11) is -1.39. The molecular weight excluding hydrogens is 666 g/mol. The van der Waals surface area contributed by atoms with Crippen molar-refractivity contribution in [2.45, 2.75) is 7.43 Å². The van der Waals surface area contributed by atoms with Gasteiger partial charge < -0.3 is 32.0 Å². The molecule has 0 saturated heterocycles. The second-order valence-corrected chi connectivity index (χ2v) is 11.3. The van der Waals surface area contributed by atoms with Crippen LogP contribution in [-0.4, -0.2) is 24.1 Å². The third kappa shape index (κ3) is 7.35. The van der Waals surface area contributed by atoms with Gasteiger partial charge in [-0.3, -0.25) is 0 Å². The normalized spacial score (nSPS) is 11.1. The van der Waals surface area contributed by atoms with E-state index in [0.29, 0.717) is 9.94 Å². The van der Waals surface area contributed by atoms with Crippen LogP contribution >= 0.6 is 31.9 Å². The molecule has 0 atom stereocenters. The van der Waals surface area contributed by atoms with E-state index in [1.807, 2.05) is 48.5 Å². The number of hydrogen-bond acceptors (Lipinski definition) is 6. The molecule has 10 heteroatoms. The van der Waals surface area contributed by atoms with E-state index < -0.39 is 7.12 Å². The lowest BCUT2D eigenvalue weighted by molar-refractivity contribution is 0.425. The maximum Gasteiger partial charge on any atom is 0.489 e. The summed E-state index contributed by atoms with van der Waals surface area (Å²) in [5.74, 6) is 0. The van der Waals surface area contributed by atoms with Crippen LogP contribution in [-0.2, 0) is 0 Å². The van der Waals surface area contributed by atoms with E-state index in [0.717, 1.165) is 26.6 Å². The van der Waals surface area contributed by atoms with Crippen LogP contribution in [0, 0.1) is 0 Å². The molecule has 0 amide bonds. The highest BCUT2D eigenvalue weighted by atomic mass is 79.9. The fraction of sp³-hybridized carbons (Fsp3) is 0.0303. The lowest BCUT2D eigenvalue weighted by Crippen LogP contribution is -2.48. The van der Waals surface area contributed by atoms with Gasteiger partial charge >= 0.3 is 14.1 Å². The molecule has 0 radical (unpaired) electrons. The summed E-state index contributed by atoms with van der Waals surface area (Å²) in [6.45, 7) is 0.0751. The summed E-state index contributed by atoms with van der Waals surface area (Å²) in [5, 5.41) is 29.2. The van der Waals surface area contributed by atoms with Crippen LogP contribution in [0.3, 0.4) is 0 Å². The van der Waals surface area contributed by atoms with Gasteiger partial charge in [0.25, 0.3) is 0 Å². The van der Waals surface area contributed by atoms with Crippen molar-refractivity contribution in [2.75, 3.05) is 21.9 Å². The van der Waals surface area contributed by atoms with Crippen LogP contribution in [0.25, 0.3) is 21.5 Å². The minimum atomic E-state index is -1.39. The molecule has 0 unspecified atom stereocenters. The zero-order valence-corrected chi connectivity index (χ0v) is 25.7. The molecule has 43 heavy (non-hydrogen) atoms. The van der Waals surface area contributed by atoms with Crippen LogP contribution in [0.5, 0.6) is 0 Å². The predicted octanol–water partition coefficient (Wildman–Crippen LogP) is 6.60. The number of hydrogen-bond donors (Lipinski definition) is 6. The first-order valence-corrected chi connectivity index (χ1v) is 14.8. The summed E-state index contributed by atoms with van der Waals surface area (Å²) >= 11 is 6.81. The summed E-state index contributed by atoms with van der Waals surface area (Å²) in [5.41, 5.74) is 17.1. The highest BCUT2D eigenvalue weighted by Gasteiger charge is 2.26. The van der Waals surface area contributed by atoms with E-state index in [1.165, 1.54) is 27.6 Å². The smallest absolute Gasteiger partial charge is 0.423 e. The summed E-state index contributed by atoms with van der Waals surface area (Å²) in [6, 6.07) is 39.6. The average molecular weight is 698 g/mol. The number of nitrogens with one attached hydrogen (secondary N) is 2. The number of nitrogens with two attached hydrogens (primary N) is 2. The Hall–Kier alpha value is -3.95. The molecule has 0 bridgehead atoms. The van der Waals surface area contributed by atoms with Crippen molar-refractivity contribution in [2.24, 2.45) is 0 Å². The van der Waals surface area contributed by atoms with Gasteiger partial charge in [-0.15, -0.1) is 0 Å². The molecule has 0 saturated carbocycles. The van der Waals surface area contributed by atoms with Crippen LogP contribution in [0.2, 0.25) is 0 Å². The van der Waals surface area contributed by atoms with Gasteiger partial charge in [-0.05, 0) is 58.1 Å². The molecule has 6 nitrogen and oxygen atoms in total. The SMILES string of the molecule is Brc1ccccc1B1Nc2cccc3cccc(c23)N1.C.Nc1cccc2cccc(N)c12.OB(O)c1ccccc1Br. The van der Waals surface area contributed by atoms with Crippen LogP contribution in [0.15, 0.2) is 130 Å². The third-order valence-corrected chi connectivity index (χ3v) is 8.32. The maximum atomic E-state index is 8.73. The molecule has 0 spiro atoms. The van der Waals surface area contributed by atoms with Gasteiger partial charge in [-0.2, -0.15) is 0 Å². The highest BCUT2D eigenvalue weighted by molar-refractivity contribution is 9.11. The Balaban J connectivity index is 0.000000158. The summed E-state index contributed by atoms with van der Waals surface area (Å²) in [4.78, 5) is 0. The van der Waals surface area contributed by atoms with Gasteiger partial charge in [0.2, 0.25) is 0 Å². The fourth-order valence-electron chi connectivity index (χ4n) is 4.88. The second kappa shape index (κ2) is 14.5. The van der Waals surface area contributed by atoms with Gasteiger partial charge in [0, 0.05) is 42.5 Å². The lowest BCUT2D eigenvalue weighted by Gasteiger charge is -2.27. The van der Waals surface area contributed by atoms with Crippen molar-refractivity contribution in [1.82, 2.24) is 0 Å². The molecule has 0 fully saturated rings. The molecular formula is C33H32B2Br2N4O2. The number of fused-ring (bicyclic) bond motifs is 1. The van der Waals surface area contributed by atoms with E-state index in [2.05, 4.69) is 96.9 Å². The van der Waals surface area contributed by atoms with Gasteiger partial charge in [0.05, 0.1) is 0 Å². The Morgan fingerprint density at radius 3 is 1.49 bits per heavy atom. The minimum Gasteiger partial charge on any atom is -0.423 e. The number of anilines is 4. The average Bonchev–Trinajstić information content (AvgIpc) is 2.99. The van der Waals surface area contributed by atoms with Gasteiger partial charge in [0.15, 0.2) is 0 Å². The number of rotatable bonds is 2. The molecule has 1 heterocycles. The Bertz CT molecular complexity index is 1780. The van der Waals surface area contributed by atoms with Crippen molar-refractivity contribution in [3.05, 3.63) is 130 Å². The standard InChI is InChI=1S/C16H12BBrN2.C10H10N2.C6H6BBrO2.CH4/c18-13-8-2-1-7-12(13)17-19-14-9-3-5-11-6-4-10-15(20-17)16(11)14;11-8-5-1-3-7-4-2-6-9(12)10(7)8;8-6-4-2-1-3-5(6)7(9)10;/h1-10,19-20H;1-6H,11-12H2;1-4,9-10H;1H4. The first-order valence-electron chi connectivity index (χ1n) is 13.3. The number of halogens is 2. The molecule has 216 valence electrons. The first kappa shape index (κ1) is 32.0. The van der Waals surface area contributed by atoms with Crippen molar-refractivity contribution in [3.8, 4) is 0 Å². The predicted molar refractivity (Wildman–Crippen MR) is 194 cm³/mol. The van der Waals surface area contributed by atoms with E-state index >= 15 is 0 Å². The zero-order chi connectivity index (χ0) is 29.6. The summed E-state index contributed by atoms with van der Waals surface area (Å²) in [6.07, 6.45) is 0. The highest BCUT2D eigenvalue weighted by Crippen LogP contribution is 2.34. The number of nitrogen functional groups attached to an aromatic ring is 2. The first-order chi connectivity index (χ1) is 20.3. The monoisotopic (exact) mass is 696 g/mol. The Kier molecular flexibility index (Phi) is 10.8. The third-order valence-electron chi connectivity index (χ3n) is 6.87. The van der Waals surface area contributed by atoms with Crippen molar-refractivity contribution in [3.63, 3.8) is 0 Å². The van der Waals surface area contributed by atoms with E-state index in [4.69, 9.17) is 21.5 Å². The van der Waals surface area contributed by atoms with Gasteiger partial charge in [-0.1, -0.05) is 124 Å². The van der Waals surface area contributed by atoms with Gasteiger partial charge in [0.1, 0.15) is 0 Å². The molecule has 6 aromatic carbocycles. The van der Waals surface area contributed by atoms with Crippen LogP contribution in [0.1, 0.15) is 7.43 Å². The number of benzene rings is 6. The molecule has 0 aromatic heterocycles. The lowest BCUT2D eigenvalue weighted by atomic mass is 9.66. The Morgan fingerprint density at radius 2 is 1.02 bits per heavy atom. The van der Waals surface area contributed by atoms with Crippen molar-refractivity contribution >= 4 is 101 Å². The molecule has 0 aliphatic carbocycles. The zero-order valence-electron chi connectivity index (χ0n) is 22.5. The van der Waals surface area contributed by atoms with E-state index in [1.54, 1.807) is 18.2 Å². The van der Waals surface area contributed by atoms with Crippen molar-refractivity contribution < 1.29 is 10.0 Å². The van der Waals surface area contributed by atoms with E-state index in [9.17, 15) is 0 Å². The van der Waals surface area contributed by atoms with Crippen LogP contribution < -0.4 is 32.8 Å². The largest absolute Gasteiger partial charge is 0.489 e. The molecule has 1 aliphatic rings. The second-order valence-electron chi connectivity index (χ2n) is 9.64. The van der Waals surface area contributed by atoms with Crippen LogP contribution in [0.4, 0.5) is 22.7 Å².